The minimum Gasteiger partial charge on any atom is -0.456 e. The van der Waals surface area contributed by atoms with Gasteiger partial charge >= 0.3 is 0 Å². The van der Waals surface area contributed by atoms with Gasteiger partial charge in [-0.3, -0.25) is 0 Å². The highest BCUT2D eigenvalue weighted by Gasteiger charge is 2.20. The molecule has 0 unspecified atom stereocenters. The molecule has 4 nitrogen and oxygen atoms in total. The third kappa shape index (κ3) is 5.38. The van der Waals surface area contributed by atoms with Crippen LogP contribution in [0.4, 0.5) is 0 Å². The van der Waals surface area contributed by atoms with Crippen molar-refractivity contribution in [3.05, 3.63) is 200 Å². The molecule has 11 aromatic carbocycles. The Hall–Kier alpha value is -8.25. The highest BCUT2D eigenvalue weighted by atomic mass is 32.1. The topological polar surface area (TPSA) is 51.8 Å². The van der Waals surface area contributed by atoms with Crippen LogP contribution in [0.2, 0.25) is 0 Å². The highest BCUT2D eigenvalue weighted by molar-refractivity contribution is 7.27. The first-order chi connectivity index (χ1) is 31.7. The standard InChI is InChI=1S/C59H33N3OS/c1-2-11-37(12-3-1)57-60-58(42-16-7-15-39(30-42)45-18-8-19-46-47-28-26-34-10-4-5-17-44(34)55(47)64-56(45)46)62-59(61-57)49-20-9-21-50-54(49)48-29-27-38(33-51(48)63-50)43-31-40-24-22-35-13-6-14-36-23-25-41(32-43)53(40)52(35)36/h1-33H. The van der Waals surface area contributed by atoms with E-state index in [0.717, 1.165) is 55.3 Å². The van der Waals surface area contributed by atoms with Gasteiger partial charge in [-0.15, -0.1) is 11.3 Å². The molecular formula is C59H33N3OS. The monoisotopic (exact) mass is 831 g/mol. The fourth-order valence-corrected chi connectivity index (χ4v) is 11.4. The lowest BCUT2D eigenvalue weighted by molar-refractivity contribution is 0.669. The molecule has 296 valence electrons. The van der Waals surface area contributed by atoms with E-state index in [0.29, 0.717) is 17.5 Å². The molecule has 3 heterocycles. The summed E-state index contributed by atoms with van der Waals surface area (Å²) in [4.78, 5) is 15.6. The number of fused-ring (bicyclic) bond motifs is 8. The van der Waals surface area contributed by atoms with Crippen molar-refractivity contribution in [3.8, 4) is 56.4 Å². The Morgan fingerprint density at radius 2 is 0.891 bits per heavy atom. The SMILES string of the molecule is c1ccc(-c2nc(-c3cccc(-c4cccc5c4sc4c6ccccc6ccc54)c3)nc(-c3cccc4oc5cc(-c6cc7ccc8cccc9ccc(c6)c7c89)ccc5c34)n2)cc1. The van der Waals surface area contributed by atoms with Crippen LogP contribution in [0, 0.1) is 0 Å². The molecule has 3 aromatic heterocycles. The van der Waals surface area contributed by atoms with Crippen LogP contribution in [0.15, 0.2) is 205 Å². The zero-order valence-electron chi connectivity index (χ0n) is 34.2. The molecule has 14 rings (SSSR count). The van der Waals surface area contributed by atoms with E-state index >= 15 is 0 Å². The van der Waals surface area contributed by atoms with Crippen molar-refractivity contribution in [2.45, 2.75) is 0 Å². The summed E-state index contributed by atoms with van der Waals surface area (Å²) in [5.74, 6) is 1.82. The second kappa shape index (κ2) is 13.6. The van der Waals surface area contributed by atoms with Gasteiger partial charge in [0, 0.05) is 47.6 Å². The second-order valence-electron chi connectivity index (χ2n) is 16.7. The lowest BCUT2D eigenvalue weighted by Crippen LogP contribution is -2.00. The number of furan rings is 1. The molecule has 0 atom stereocenters. The summed E-state index contributed by atoms with van der Waals surface area (Å²) in [6, 6.07) is 71.4. The molecule has 64 heavy (non-hydrogen) atoms. The zero-order valence-corrected chi connectivity index (χ0v) is 35.0. The van der Waals surface area contributed by atoms with Crippen molar-refractivity contribution in [2.75, 3.05) is 0 Å². The summed E-state index contributed by atoms with van der Waals surface area (Å²) in [5.41, 5.74) is 8.91. The van der Waals surface area contributed by atoms with E-state index in [1.165, 1.54) is 68.8 Å². The normalized spacial score (nSPS) is 12.1. The van der Waals surface area contributed by atoms with E-state index in [2.05, 4.69) is 170 Å². The number of rotatable bonds is 5. The molecule has 14 aromatic rings. The van der Waals surface area contributed by atoms with Crippen molar-refractivity contribution in [3.63, 3.8) is 0 Å². The molecule has 0 saturated heterocycles. The summed E-state index contributed by atoms with van der Waals surface area (Å²) in [7, 11) is 0. The average Bonchev–Trinajstić information content (AvgIpc) is 3.94. The molecule has 0 radical (unpaired) electrons. The number of thiophene rings is 1. The summed E-state index contributed by atoms with van der Waals surface area (Å²) < 4.78 is 9.27. The maximum absolute atomic E-state index is 6.68. The molecule has 0 N–H and O–H groups in total. The van der Waals surface area contributed by atoms with Crippen LogP contribution in [-0.4, -0.2) is 15.0 Å². The Morgan fingerprint density at radius 3 is 1.75 bits per heavy atom. The van der Waals surface area contributed by atoms with Gasteiger partial charge in [0.25, 0.3) is 0 Å². The fraction of sp³-hybridized carbons (Fsp3) is 0. The Kier molecular flexibility index (Phi) is 7.53. The molecule has 0 aliphatic rings. The predicted octanol–water partition coefficient (Wildman–Crippen LogP) is 16.5. The van der Waals surface area contributed by atoms with E-state index in [4.69, 9.17) is 19.4 Å². The number of hydrogen-bond acceptors (Lipinski definition) is 5. The van der Waals surface area contributed by atoms with Gasteiger partial charge in [0.05, 0.1) is 0 Å². The highest BCUT2D eigenvalue weighted by Crippen LogP contribution is 2.44. The summed E-state index contributed by atoms with van der Waals surface area (Å²) in [6.07, 6.45) is 0. The Bertz CT molecular complexity index is 4140. The molecule has 5 heteroatoms. The molecule has 0 aliphatic carbocycles. The third-order valence-corrected chi connectivity index (χ3v) is 14.3. The number of benzene rings is 11. The van der Waals surface area contributed by atoms with Crippen LogP contribution < -0.4 is 0 Å². The maximum atomic E-state index is 6.68. The van der Waals surface area contributed by atoms with Gasteiger partial charge in [-0.05, 0) is 102 Å². The van der Waals surface area contributed by atoms with Crippen molar-refractivity contribution in [1.82, 2.24) is 15.0 Å². The van der Waals surface area contributed by atoms with Gasteiger partial charge in [-0.2, -0.15) is 0 Å². The fourth-order valence-electron chi connectivity index (χ4n) is 10.0. The largest absolute Gasteiger partial charge is 0.456 e. The molecular weight excluding hydrogens is 799 g/mol. The van der Waals surface area contributed by atoms with Crippen LogP contribution in [0.3, 0.4) is 0 Å². The first-order valence-corrected chi connectivity index (χ1v) is 22.4. The smallest absolute Gasteiger partial charge is 0.164 e. The summed E-state index contributed by atoms with van der Waals surface area (Å²) in [6.45, 7) is 0. The van der Waals surface area contributed by atoms with E-state index < -0.39 is 0 Å². The maximum Gasteiger partial charge on any atom is 0.164 e. The summed E-state index contributed by atoms with van der Waals surface area (Å²) >= 11 is 1.87. The van der Waals surface area contributed by atoms with Crippen molar-refractivity contribution >= 4 is 96.5 Å². The van der Waals surface area contributed by atoms with Crippen LogP contribution in [0.5, 0.6) is 0 Å². The van der Waals surface area contributed by atoms with Crippen LogP contribution >= 0.6 is 11.3 Å². The van der Waals surface area contributed by atoms with Gasteiger partial charge < -0.3 is 4.42 Å². The Balaban J connectivity index is 0.906. The molecule has 0 fully saturated rings. The lowest BCUT2D eigenvalue weighted by Gasteiger charge is -2.12. The third-order valence-electron chi connectivity index (χ3n) is 13.0. The lowest BCUT2D eigenvalue weighted by atomic mass is 9.91. The Labute approximate surface area is 370 Å². The van der Waals surface area contributed by atoms with Gasteiger partial charge in [-0.25, -0.2) is 15.0 Å². The van der Waals surface area contributed by atoms with Crippen molar-refractivity contribution in [1.29, 1.82) is 0 Å². The molecule has 0 amide bonds. The molecule has 0 spiro atoms. The first kappa shape index (κ1) is 35.4. The minimum atomic E-state index is 0.595. The molecule has 0 aliphatic heterocycles. The van der Waals surface area contributed by atoms with Gasteiger partial charge in [0.1, 0.15) is 11.2 Å². The molecule has 0 saturated carbocycles. The number of nitrogens with zero attached hydrogens (tertiary/aromatic N) is 3. The summed E-state index contributed by atoms with van der Waals surface area (Å²) in [5, 5.41) is 14.8. The Morgan fingerprint density at radius 1 is 0.297 bits per heavy atom. The quantitative estimate of drug-likeness (QED) is 0.162. The van der Waals surface area contributed by atoms with E-state index in [-0.39, 0.29) is 0 Å². The van der Waals surface area contributed by atoms with E-state index in [1.54, 1.807) is 0 Å². The minimum absolute atomic E-state index is 0.595. The van der Waals surface area contributed by atoms with Crippen LogP contribution in [0.25, 0.3) is 142 Å². The zero-order chi connectivity index (χ0) is 41.9. The first-order valence-electron chi connectivity index (χ1n) is 21.6. The van der Waals surface area contributed by atoms with E-state index in [9.17, 15) is 0 Å². The van der Waals surface area contributed by atoms with Gasteiger partial charge in [0.15, 0.2) is 17.5 Å². The van der Waals surface area contributed by atoms with Crippen LogP contribution in [-0.2, 0) is 0 Å². The molecule has 0 bridgehead atoms. The predicted molar refractivity (Wildman–Crippen MR) is 268 cm³/mol. The second-order valence-corrected chi connectivity index (χ2v) is 17.7. The van der Waals surface area contributed by atoms with E-state index in [1.807, 2.05) is 41.7 Å². The van der Waals surface area contributed by atoms with Gasteiger partial charge in [-0.1, -0.05) is 164 Å². The van der Waals surface area contributed by atoms with Crippen molar-refractivity contribution < 1.29 is 4.42 Å². The number of aromatic nitrogens is 3. The van der Waals surface area contributed by atoms with Gasteiger partial charge in [0.2, 0.25) is 0 Å². The average molecular weight is 832 g/mol. The van der Waals surface area contributed by atoms with Crippen LogP contribution in [0.1, 0.15) is 0 Å². The number of hydrogen-bond donors (Lipinski definition) is 0. The van der Waals surface area contributed by atoms with Crippen molar-refractivity contribution in [2.24, 2.45) is 0 Å².